The molecule has 9 heteroatoms. The zero-order chi connectivity index (χ0) is 20.4. The molecular weight excluding hydrogens is 370 g/mol. The van der Waals surface area contributed by atoms with Crippen molar-refractivity contribution < 1.29 is 27.6 Å². The molecule has 2 amide bonds. The van der Waals surface area contributed by atoms with Gasteiger partial charge in [-0.15, -0.1) is 0 Å². The maximum Gasteiger partial charge on any atom is 0.413 e. The molecule has 0 bridgehead atoms. The van der Waals surface area contributed by atoms with E-state index in [1.54, 1.807) is 0 Å². The van der Waals surface area contributed by atoms with Crippen LogP contribution in [0.2, 0.25) is 0 Å². The van der Waals surface area contributed by atoms with Crippen LogP contribution in [-0.2, 0) is 19.6 Å². The van der Waals surface area contributed by atoms with E-state index in [0.717, 1.165) is 27.2 Å². The minimum absolute atomic E-state index is 0.102. The molecule has 1 aliphatic heterocycles. The fraction of sp³-hybridized carbons (Fsp3) is 0.556. The van der Waals surface area contributed by atoms with Crippen molar-refractivity contribution in [2.45, 2.75) is 32.6 Å². The molecule has 2 rings (SSSR count). The van der Waals surface area contributed by atoms with Crippen molar-refractivity contribution in [2.24, 2.45) is 0 Å². The summed E-state index contributed by atoms with van der Waals surface area (Å²) < 4.78 is 32.3. The molecule has 0 spiro atoms. The number of piperazine rings is 1. The molecule has 0 atom stereocenters. The fourth-order valence-corrected chi connectivity index (χ4v) is 5.37. The highest BCUT2D eigenvalue weighted by Gasteiger charge is 2.33. The van der Waals surface area contributed by atoms with Crippen LogP contribution in [0.15, 0.2) is 11.0 Å². The van der Waals surface area contributed by atoms with Crippen LogP contribution in [0, 0.1) is 27.7 Å². The quantitative estimate of drug-likeness (QED) is 0.725. The highest BCUT2D eigenvalue weighted by molar-refractivity contribution is 7.89. The van der Waals surface area contributed by atoms with Gasteiger partial charge in [-0.25, -0.2) is 13.2 Å². The van der Waals surface area contributed by atoms with Crippen molar-refractivity contribution in [3.8, 4) is 0 Å². The van der Waals surface area contributed by atoms with Gasteiger partial charge in [0.05, 0.1) is 38.2 Å². The van der Waals surface area contributed by atoms with Crippen molar-refractivity contribution >= 4 is 22.0 Å². The van der Waals surface area contributed by atoms with E-state index in [-0.39, 0.29) is 6.54 Å². The van der Waals surface area contributed by atoms with Gasteiger partial charge in [0, 0.05) is 0 Å². The topological polar surface area (TPSA) is 97.2 Å². The molecule has 0 unspecified atom stereocenters. The molecule has 0 aliphatic carbocycles. The normalized spacial score (nSPS) is 16.2. The molecule has 8 nitrogen and oxygen atoms in total. The van der Waals surface area contributed by atoms with E-state index in [0.29, 0.717) is 31.1 Å². The van der Waals surface area contributed by atoms with Gasteiger partial charge in [0.1, 0.15) is 0 Å². The van der Waals surface area contributed by atoms with Crippen LogP contribution < -0.4 is 10.2 Å². The number of methoxy groups -OCH3 is 1. The predicted octanol–water partition coefficient (Wildman–Crippen LogP) is -0.308. The Morgan fingerprint density at radius 2 is 1.63 bits per heavy atom. The highest BCUT2D eigenvalue weighted by atomic mass is 32.2. The van der Waals surface area contributed by atoms with Crippen molar-refractivity contribution in [1.82, 2.24) is 9.62 Å². The summed E-state index contributed by atoms with van der Waals surface area (Å²) in [4.78, 5) is 24.2. The average molecular weight is 399 g/mol. The number of sulfonamides is 1. The Kier molecular flexibility index (Phi) is 6.61. The van der Waals surface area contributed by atoms with E-state index in [9.17, 15) is 18.0 Å². The molecule has 1 aliphatic rings. The lowest BCUT2D eigenvalue weighted by Gasteiger charge is -2.32. The molecule has 1 fully saturated rings. The van der Waals surface area contributed by atoms with E-state index in [1.807, 2.05) is 33.8 Å². The zero-order valence-electron chi connectivity index (χ0n) is 16.5. The Labute approximate surface area is 160 Å². The lowest BCUT2D eigenvalue weighted by atomic mass is 10.0. The van der Waals surface area contributed by atoms with Gasteiger partial charge in [-0.3, -0.25) is 10.1 Å². The Morgan fingerprint density at radius 1 is 1.11 bits per heavy atom. The SMILES string of the molecule is COC(=O)NC(=O)C[NH+]1CCN(S(=O)(=O)c2c(C)c(C)cc(C)c2C)CC1. The molecule has 0 radical (unpaired) electrons. The monoisotopic (exact) mass is 398 g/mol. The third-order valence-corrected chi connectivity index (χ3v) is 7.34. The molecule has 27 heavy (non-hydrogen) atoms. The lowest BCUT2D eigenvalue weighted by Crippen LogP contribution is -3.15. The van der Waals surface area contributed by atoms with Gasteiger partial charge >= 0.3 is 6.09 Å². The Balaban J connectivity index is 2.10. The third-order valence-electron chi connectivity index (χ3n) is 5.16. The number of ether oxygens (including phenoxy) is 1. The maximum atomic E-state index is 13.2. The third kappa shape index (κ3) is 4.66. The van der Waals surface area contributed by atoms with Crippen molar-refractivity contribution in [2.75, 3.05) is 39.8 Å². The largest absolute Gasteiger partial charge is 0.453 e. The molecule has 1 aromatic carbocycles. The van der Waals surface area contributed by atoms with Crippen LogP contribution in [0.4, 0.5) is 4.79 Å². The number of quaternary nitrogens is 1. The van der Waals surface area contributed by atoms with E-state index >= 15 is 0 Å². The summed E-state index contributed by atoms with van der Waals surface area (Å²) in [6.07, 6.45) is -0.790. The first-order valence-corrected chi connectivity index (χ1v) is 10.3. The van der Waals surface area contributed by atoms with Crippen molar-refractivity contribution in [1.29, 1.82) is 0 Å². The molecule has 1 aromatic rings. The van der Waals surface area contributed by atoms with E-state index in [4.69, 9.17) is 0 Å². The van der Waals surface area contributed by atoms with Crippen LogP contribution in [0.5, 0.6) is 0 Å². The van der Waals surface area contributed by atoms with Crippen LogP contribution in [0.25, 0.3) is 0 Å². The number of aryl methyl sites for hydroxylation is 2. The number of nitrogens with zero attached hydrogens (tertiary/aromatic N) is 1. The highest BCUT2D eigenvalue weighted by Crippen LogP contribution is 2.28. The molecule has 0 aromatic heterocycles. The average Bonchev–Trinajstić information content (AvgIpc) is 2.60. The molecule has 1 heterocycles. The number of nitrogens with one attached hydrogen (secondary N) is 2. The Morgan fingerprint density at radius 3 is 2.11 bits per heavy atom. The number of carbonyl (C=O) groups excluding carboxylic acids is 2. The minimum Gasteiger partial charge on any atom is -0.453 e. The standard InChI is InChI=1S/C18H27N3O5S/c1-12-10-13(2)15(4)17(14(12)3)27(24,25)21-8-6-20(7-9-21)11-16(22)19-18(23)26-5/h10H,6-9,11H2,1-5H3,(H,19,22,23)/p+1. The summed E-state index contributed by atoms with van der Waals surface area (Å²) >= 11 is 0. The molecule has 2 N–H and O–H groups in total. The summed E-state index contributed by atoms with van der Waals surface area (Å²) in [5.41, 5.74) is 3.48. The number of hydrogen-bond donors (Lipinski definition) is 2. The first kappa shape index (κ1) is 21.3. The van der Waals surface area contributed by atoms with E-state index in [1.165, 1.54) is 11.4 Å². The summed E-state index contributed by atoms with van der Waals surface area (Å²) in [6.45, 7) is 9.27. The zero-order valence-corrected chi connectivity index (χ0v) is 17.3. The fourth-order valence-electron chi connectivity index (χ4n) is 3.35. The summed E-state index contributed by atoms with van der Waals surface area (Å²) in [5, 5.41) is 2.12. The second kappa shape index (κ2) is 8.37. The van der Waals surface area contributed by atoms with Gasteiger partial charge in [0.15, 0.2) is 6.54 Å². The molecule has 0 saturated carbocycles. The second-order valence-corrected chi connectivity index (χ2v) is 8.83. The Bertz CT molecular complexity index is 817. The predicted molar refractivity (Wildman–Crippen MR) is 100 cm³/mol. The maximum absolute atomic E-state index is 13.2. The van der Waals surface area contributed by atoms with Crippen LogP contribution in [-0.4, -0.2) is 64.6 Å². The second-order valence-electron chi connectivity index (χ2n) is 6.96. The van der Waals surface area contributed by atoms with Gasteiger partial charge in [0.25, 0.3) is 5.91 Å². The molecular formula is C18H28N3O5S+. The number of rotatable bonds is 4. The van der Waals surface area contributed by atoms with Gasteiger partial charge in [-0.1, -0.05) is 6.07 Å². The number of benzene rings is 1. The first-order valence-electron chi connectivity index (χ1n) is 8.86. The van der Waals surface area contributed by atoms with Gasteiger partial charge < -0.3 is 9.64 Å². The lowest BCUT2D eigenvalue weighted by molar-refractivity contribution is -0.895. The number of amides is 2. The van der Waals surface area contributed by atoms with Crippen molar-refractivity contribution in [3.63, 3.8) is 0 Å². The smallest absolute Gasteiger partial charge is 0.413 e. The van der Waals surface area contributed by atoms with E-state index < -0.39 is 22.0 Å². The van der Waals surface area contributed by atoms with Crippen LogP contribution >= 0.6 is 0 Å². The molecule has 150 valence electrons. The van der Waals surface area contributed by atoms with Crippen LogP contribution in [0.3, 0.4) is 0 Å². The number of carbonyl (C=O) groups is 2. The number of hydrogen-bond acceptors (Lipinski definition) is 5. The Hall–Kier alpha value is -1.97. The summed E-state index contributed by atoms with van der Waals surface area (Å²) in [6, 6.07) is 2.01. The minimum atomic E-state index is -3.60. The van der Waals surface area contributed by atoms with Crippen molar-refractivity contribution in [3.05, 3.63) is 28.3 Å². The number of imide groups is 1. The van der Waals surface area contributed by atoms with Gasteiger partial charge in [-0.05, 0) is 49.9 Å². The first-order chi connectivity index (χ1) is 12.6. The van der Waals surface area contributed by atoms with E-state index in [2.05, 4.69) is 10.1 Å². The number of alkyl carbamates (subject to hydrolysis) is 1. The summed E-state index contributed by atoms with van der Waals surface area (Å²) in [7, 11) is -2.41. The summed E-state index contributed by atoms with van der Waals surface area (Å²) in [5.74, 6) is -0.436. The van der Waals surface area contributed by atoms with Crippen LogP contribution in [0.1, 0.15) is 22.3 Å². The van der Waals surface area contributed by atoms with Gasteiger partial charge in [-0.2, -0.15) is 4.31 Å². The van der Waals surface area contributed by atoms with Gasteiger partial charge in [0.2, 0.25) is 10.0 Å². The molecule has 1 saturated heterocycles.